The Morgan fingerprint density at radius 2 is 2.04 bits per heavy atom. The lowest BCUT2D eigenvalue weighted by Crippen LogP contribution is -2.09. The van der Waals surface area contributed by atoms with Gasteiger partial charge in [0.15, 0.2) is 5.76 Å². The summed E-state index contributed by atoms with van der Waals surface area (Å²) in [5.74, 6) is 4.28. The molecule has 26 heavy (non-hydrogen) atoms. The van der Waals surface area contributed by atoms with Gasteiger partial charge >= 0.3 is 0 Å². The fourth-order valence-corrected chi connectivity index (χ4v) is 3.39. The van der Waals surface area contributed by atoms with Crippen molar-refractivity contribution in [2.75, 3.05) is 16.3 Å². The Morgan fingerprint density at radius 1 is 1.19 bits per heavy atom. The van der Waals surface area contributed by atoms with E-state index in [1.165, 1.54) is 5.56 Å². The zero-order valence-corrected chi connectivity index (χ0v) is 15.0. The molecule has 0 radical (unpaired) electrons. The average Bonchev–Trinajstić information content (AvgIpc) is 3.21. The van der Waals surface area contributed by atoms with Gasteiger partial charge in [0.1, 0.15) is 0 Å². The van der Waals surface area contributed by atoms with E-state index < -0.39 is 9.71 Å². The van der Waals surface area contributed by atoms with E-state index in [2.05, 4.69) is 32.0 Å². The fraction of sp³-hybridized carbons (Fsp3) is 0.105. The van der Waals surface area contributed by atoms with Crippen LogP contribution < -0.4 is 10.0 Å². The van der Waals surface area contributed by atoms with Gasteiger partial charge in [-0.15, -0.1) is 0 Å². The van der Waals surface area contributed by atoms with Crippen LogP contribution in [0.25, 0.3) is 11.3 Å². The normalized spacial score (nSPS) is 14.7. The summed E-state index contributed by atoms with van der Waals surface area (Å²) in [6.07, 6.45) is 5.99. The minimum absolute atomic E-state index is 0.390. The van der Waals surface area contributed by atoms with Gasteiger partial charge < -0.3 is 14.5 Å². The van der Waals surface area contributed by atoms with Gasteiger partial charge in [0, 0.05) is 45.5 Å². The average molecular weight is 366 g/mol. The van der Waals surface area contributed by atoms with Crippen LogP contribution in [-0.4, -0.2) is 27.5 Å². The monoisotopic (exact) mass is 366 g/mol. The van der Waals surface area contributed by atoms with Crippen LogP contribution in [0.1, 0.15) is 5.56 Å². The van der Waals surface area contributed by atoms with E-state index in [0.29, 0.717) is 17.5 Å². The summed E-state index contributed by atoms with van der Waals surface area (Å²) < 4.78 is 20.5. The number of hydrogen-bond acceptors (Lipinski definition) is 5. The molecule has 2 aromatic carbocycles. The fourth-order valence-electron chi connectivity index (χ4n) is 2.77. The molecule has 1 aliphatic heterocycles. The van der Waals surface area contributed by atoms with E-state index in [9.17, 15) is 4.21 Å². The molecule has 0 spiro atoms. The second-order valence-electron chi connectivity index (χ2n) is 6.20. The molecule has 6 nitrogen and oxygen atoms in total. The second kappa shape index (κ2) is 6.34. The molecule has 132 valence electrons. The summed E-state index contributed by atoms with van der Waals surface area (Å²) in [5.41, 5.74) is 4.64. The number of nitrogens with one attached hydrogen (secondary N) is 2. The molecular formula is C19H18N4O2S. The van der Waals surface area contributed by atoms with Crippen LogP contribution in [0.3, 0.4) is 0 Å². The maximum atomic E-state index is 11.8. The maximum absolute atomic E-state index is 11.8. The Labute approximate surface area is 152 Å². The molecule has 2 heterocycles. The van der Waals surface area contributed by atoms with Crippen molar-refractivity contribution in [3.05, 3.63) is 54.2 Å². The summed E-state index contributed by atoms with van der Waals surface area (Å²) in [5, 5.41) is 3.12. The molecule has 7 heteroatoms. The smallest absolute Gasteiger partial charge is 0.299 e. The Balaban J connectivity index is 1.53. The topological polar surface area (TPSA) is 79.5 Å². The zero-order valence-electron chi connectivity index (χ0n) is 14.2. The van der Waals surface area contributed by atoms with Crippen molar-refractivity contribution in [3.8, 4) is 11.3 Å². The third kappa shape index (κ3) is 3.62. The third-order valence-electron chi connectivity index (χ3n) is 3.86. The quantitative estimate of drug-likeness (QED) is 0.669. The van der Waals surface area contributed by atoms with Gasteiger partial charge in [0.05, 0.1) is 11.9 Å². The van der Waals surface area contributed by atoms with Crippen molar-refractivity contribution in [1.82, 2.24) is 4.98 Å². The highest BCUT2D eigenvalue weighted by molar-refractivity contribution is 8.00. The minimum atomic E-state index is -2.33. The SMILES string of the molecule is C=S(C)(=O)Nc1cccc(Nc2ncc(-c3ccc4c(c3)CC=N4)o2)c1. The lowest BCUT2D eigenvalue weighted by Gasteiger charge is -2.09. The predicted octanol–water partition coefficient (Wildman–Crippen LogP) is 4.02. The van der Waals surface area contributed by atoms with Gasteiger partial charge in [-0.05, 0) is 47.8 Å². The summed E-state index contributed by atoms with van der Waals surface area (Å²) in [7, 11) is -2.33. The van der Waals surface area contributed by atoms with Crippen LogP contribution in [0.2, 0.25) is 0 Å². The first kappa shape index (κ1) is 16.4. The number of fused-ring (bicyclic) bond motifs is 1. The Bertz CT molecular complexity index is 1100. The molecule has 1 aromatic heterocycles. The molecule has 1 aliphatic rings. The lowest BCUT2D eigenvalue weighted by atomic mass is 10.1. The summed E-state index contributed by atoms with van der Waals surface area (Å²) in [6, 6.07) is 13.8. The highest BCUT2D eigenvalue weighted by atomic mass is 32.2. The predicted molar refractivity (Wildman–Crippen MR) is 108 cm³/mol. The molecule has 0 bridgehead atoms. The molecule has 1 atom stereocenters. The highest BCUT2D eigenvalue weighted by Crippen LogP contribution is 2.31. The van der Waals surface area contributed by atoms with Crippen molar-refractivity contribution >= 4 is 44.9 Å². The number of aromatic nitrogens is 1. The second-order valence-corrected chi connectivity index (χ2v) is 8.42. The molecule has 1 unspecified atom stereocenters. The third-order valence-corrected chi connectivity index (χ3v) is 4.53. The van der Waals surface area contributed by atoms with Crippen molar-refractivity contribution in [2.45, 2.75) is 6.42 Å². The van der Waals surface area contributed by atoms with Crippen LogP contribution >= 0.6 is 0 Å². The summed E-state index contributed by atoms with van der Waals surface area (Å²) >= 11 is 0. The van der Waals surface area contributed by atoms with Gasteiger partial charge in [-0.1, -0.05) is 6.07 Å². The largest absolute Gasteiger partial charge is 0.423 e. The van der Waals surface area contributed by atoms with Gasteiger partial charge in [-0.3, -0.25) is 4.99 Å². The number of nitrogens with zero attached hydrogens (tertiary/aromatic N) is 2. The Morgan fingerprint density at radius 3 is 2.88 bits per heavy atom. The number of oxazole rings is 1. The van der Waals surface area contributed by atoms with Gasteiger partial charge in [-0.25, -0.2) is 9.19 Å². The molecule has 4 rings (SSSR count). The lowest BCUT2D eigenvalue weighted by molar-refractivity contribution is 0.592. The molecule has 3 aromatic rings. The van der Waals surface area contributed by atoms with E-state index in [0.717, 1.165) is 23.4 Å². The van der Waals surface area contributed by atoms with Crippen molar-refractivity contribution in [3.63, 3.8) is 0 Å². The number of aliphatic imine (C=N–C) groups is 1. The van der Waals surface area contributed by atoms with Crippen LogP contribution in [0.4, 0.5) is 23.1 Å². The molecule has 0 fully saturated rings. The van der Waals surface area contributed by atoms with Crippen LogP contribution in [0, 0.1) is 0 Å². The van der Waals surface area contributed by atoms with E-state index in [1.807, 2.05) is 42.6 Å². The summed E-state index contributed by atoms with van der Waals surface area (Å²) in [4.78, 5) is 8.60. The number of benzene rings is 2. The van der Waals surface area contributed by atoms with E-state index in [-0.39, 0.29) is 0 Å². The number of hydrogen-bond donors (Lipinski definition) is 2. The zero-order chi connectivity index (χ0) is 18.1. The molecule has 0 amide bonds. The first-order chi connectivity index (χ1) is 12.5. The van der Waals surface area contributed by atoms with E-state index in [1.54, 1.807) is 12.5 Å². The van der Waals surface area contributed by atoms with Crippen molar-refractivity contribution < 1.29 is 8.63 Å². The van der Waals surface area contributed by atoms with Crippen molar-refractivity contribution in [1.29, 1.82) is 0 Å². The maximum Gasteiger partial charge on any atom is 0.299 e. The molecular weight excluding hydrogens is 348 g/mol. The van der Waals surface area contributed by atoms with Gasteiger partial charge in [-0.2, -0.15) is 0 Å². The summed E-state index contributed by atoms with van der Waals surface area (Å²) in [6.45, 7) is 0. The minimum Gasteiger partial charge on any atom is -0.423 e. The van der Waals surface area contributed by atoms with E-state index >= 15 is 0 Å². The first-order valence-corrected chi connectivity index (χ1v) is 10.2. The van der Waals surface area contributed by atoms with Gasteiger partial charge in [0.2, 0.25) is 0 Å². The van der Waals surface area contributed by atoms with Crippen LogP contribution in [-0.2, 0) is 16.1 Å². The molecule has 2 N–H and O–H groups in total. The molecule has 0 saturated carbocycles. The number of rotatable bonds is 5. The number of anilines is 3. The van der Waals surface area contributed by atoms with Gasteiger partial charge in [0.25, 0.3) is 6.01 Å². The molecule has 0 saturated heterocycles. The highest BCUT2D eigenvalue weighted by Gasteiger charge is 2.11. The van der Waals surface area contributed by atoms with Crippen molar-refractivity contribution in [2.24, 2.45) is 4.99 Å². The Hall–Kier alpha value is -3.06. The standard InChI is InChI=1S/C19H18N4O2S/c1-26(2,24)23-16-5-3-4-15(11-16)22-19-21-12-18(25-19)14-6-7-17-13(10-14)8-9-20-17/h3-7,9-12H,1,8H2,2H3,(H,21,22)(H,23,24). The van der Waals surface area contributed by atoms with E-state index in [4.69, 9.17) is 4.42 Å². The first-order valence-electron chi connectivity index (χ1n) is 8.05. The Kier molecular flexibility index (Phi) is 4.00. The molecule has 0 aliphatic carbocycles. The van der Waals surface area contributed by atoms with Crippen LogP contribution in [0.15, 0.2) is 58.1 Å². The van der Waals surface area contributed by atoms with Crippen LogP contribution in [0.5, 0.6) is 0 Å².